The number of nitrogens with one attached hydrogen (secondary N) is 1. The molecule has 0 fully saturated rings. The maximum absolute atomic E-state index is 12.9. The van der Waals surface area contributed by atoms with Crippen molar-refractivity contribution in [1.82, 2.24) is 0 Å². The number of amides is 1. The molecule has 1 aliphatic rings. The van der Waals surface area contributed by atoms with Crippen LogP contribution in [-0.4, -0.2) is 25.6 Å². The van der Waals surface area contributed by atoms with Gasteiger partial charge in [-0.25, -0.2) is 4.79 Å². The van der Waals surface area contributed by atoms with Crippen molar-refractivity contribution in [2.24, 2.45) is 0 Å². The SMILES string of the molecule is CCOC(=O)c1c(NC(=O)c2c(Cl)ccc(Cl)c2OC)sc2c1CCCC2. The van der Waals surface area contributed by atoms with Gasteiger partial charge in [-0.2, -0.15) is 0 Å². The third-order valence-corrected chi connectivity index (χ3v) is 6.19. The summed E-state index contributed by atoms with van der Waals surface area (Å²) in [5.74, 6) is -0.708. The fraction of sp³-hybridized carbons (Fsp3) is 0.368. The predicted octanol–water partition coefficient (Wildman–Crippen LogP) is 5.37. The van der Waals surface area contributed by atoms with Gasteiger partial charge in [-0.05, 0) is 50.3 Å². The van der Waals surface area contributed by atoms with E-state index in [0.29, 0.717) is 10.6 Å². The summed E-state index contributed by atoms with van der Waals surface area (Å²) in [7, 11) is 1.42. The third kappa shape index (κ3) is 3.93. The van der Waals surface area contributed by atoms with Crippen molar-refractivity contribution in [3.63, 3.8) is 0 Å². The first kappa shape index (κ1) is 20.0. The Morgan fingerprint density at radius 1 is 1.15 bits per heavy atom. The normalized spacial score (nSPS) is 13.0. The van der Waals surface area contributed by atoms with E-state index in [9.17, 15) is 9.59 Å². The number of fused-ring (bicyclic) bond motifs is 1. The summed E-state index contributed by atoms with van der Waals surface area (Å²) < 4.78 is 10.5. The van der Waals surface area contributed by atoms with Crippen LogP contribution in [0.3, 0.4) is 0 Å². The van der Waals surface area contributed by atoms with Crippen LogP contribution in [0.15, 0.2) is 12.1 Å². The smallest absolute Gasteiger partial charge is 0.341 e. The molecular formula is C19H19Cl2NO4S. The molecule has 1 aromatic carbocycles. The standard InChI is InChI=1S/C19H19Cl2NO4S/c1-3-26-19(24)14-10-6-4-5-7-13(10)27-18(14)22-17(23)15-11(20)8-9-12(21)16(15)25-2/h8-9H,3-7H2,1-2H3,(H,22,23). The van der Waals surface area contributed by atoms with E-state index >= 15 is 0 Å². The second-order valence-electron chi connectivity index (χ2n) is 6.03. The fourth-order valence-corrected chi connectivity index (χ4v) is 4.92. The van der Waals surface area contributed by atoms with Crippen LogP contribution in [0.25, 0.3) is 0 Å². The molecule has 0 aliphatic heterocycles. The number of ether oxygens (including phenoxy) is 2. The van der Waals surface area contributed by atoms with E-state index in [0.717, 1.165) is 36.1 Å². The van der Waals surface area contributed by atoms with Crippen molar-refractivity contribution < 1.29 is 19.1 Å². The predicted molar refractivity (Wildman–Crippen MR) is 108 cm³/mol. The number of carbonyl (C=O) groups excluding carboxylic acids is 2. The number of methoxy groups -OCH3 is 1. The molecule has 0 bridgehead atoms. The maximum Gasteiger partial charge on any atom is 0.341 e. The third-order valence-electron chi connectivity index (χ3n) is 4.37. The van der Waals surface area contributed by atoms with Crippen LogP contribution < -0.4 is 10.1 Å². The van der Waals surface area contributed by atoms with Crippen LogP contribution in [0.5, 0.6) is 5.75 Å². The van der Waals surface area contributed by atoms with Crippen molar-refractivity contribution in [3.8, 4) is 5.75 Å². The number of benzene rings is 1. The molecule has 0 spiro atoms. The molecule has 0 radical (unpaired) electrons. The van der Waals surface area contributed by atoms with Crippen molar-refractivity contribution in [1.29, 1.82) is 0 Å². The highest BCUT2D eigenvalue weighted by Crippen LogP contribution is 2.40. The maximum atomic E-state index is 12.9. The monoisotopic (exact) mass is 427 g/mol. The molecule has 1 heterocycles. The number of aryl methyl sites for hydroxylation is 1. The molecule has 5 nitrogen and oxygen atoms in total. The van der Waals surface area contributed by atoms with Crippen LogP contribution in [0.4, 0.5) is 5.00 Å². The molecule has 0 atom stereocenters. The quantitative estimate of drug-likeness (QED) is 0.651. The minimum atomic E-state index is -0.483. The summed E-state index contributed by atoms with van der Waals surface area (Å²) in [4.78, 5) is 26.6. The Bertz CT molecular complexity index is 894. The fourth-order valence-electron chi connectivity index (χ4n) is 3.18. The first-order chi connectivity index (χ1) is 13.0. The molecular weight excluding hydrogens is 409 g/mol. The highest BCUT2D eigenvalue weighted by molar-refractivity contribution is 7.17. The van der Waals surface area contributed by atoms with Crippen LogP contribution in [0, 0.1) is 0 Å². The first-order valence-corrected chi connectivity index (χ1v) is 10.2. The average molecular weight is 428 g/mol. The summed E-state index contributed by atoms with van der Waals surface area (Å²) >= 11 is 13.7. The summed E-state index contributed by atoms with van der Waals surface area (Å²) in [6, 6.07) is 3.10. The molecule has 1 aromatic heterocycles. The summed E-state index contributed by atoms with van der Waals surface area (Å²) in [6.45, 7) is 2.02. The first-order valence-electron chi connectivity index (χ1n) is 8.62. The van der Waals surface area contributed by atoms with Gasteiger partial charge in [0.05, 0.1) is 29.3 Å². The van der Waals surface area contributed by atoms with Gasteiger partial charge in [0.15, 0.2) is 5.75 Å². The molecule has 0 saturated carbocycles. The van der Waals surface area contributed by atoms with Gasteiger partial charge in [0.2, 0.25) is 0 Å². The van der Waals surface area contributed by atoms with E-state index in [1.165, 1.54) is 24.5 Å². The topological polar surface area (TPSA) is 64.6 Å². The van der Waals surface area contributed by atoms with Gasteiger partial charge in [-0.1, -0.05) is 23.2 Å². The van der Waals surface area contributed by atoms with Crippen LogP contribution in [0.2, 0.25) is 10.0 Å². The highest BCUT2D eigenvalue weighted by Gasteiger charge is 2.28. The Morgan fingerprint density at radius 3 is 2.56 bits per heavy atom. The number of carbonyl (C=O) groups is 2. The number of hydrogen-bond donors (Lipinski definition) is 1. The molecule has 0 saturated heterocycles. The lowest BCUT2D eigenvalue weighted by atomic mass is 9.95. The zero-order valence-corrected chi connectivity index (χ0v) is 17.3. The molecule has 1 amide bonds. The van der Waals surface area contributed by atoms with Crippen LogP contribution in [-0.2, 0) is 17.6 Å². The number of rotatable bonds is 5. The number of hydrogen-bond acceptors (Lipinski definition) is 5. The van der Waals surface area contributed by atoms with Crippen LogP contribution in [0.1, 0.15) is 50.9 Å². The average Bonchev–Trinajstić information content (AvgIpc) is 3.01. The van der Waals surface area contributed by atoms with E-state index in [-0.39, 0.29) is 28.0 Å². The molecule has 144 valence electrons. The minimum Gasteiger partial charge on any atom is -0.494 e. The van der Waals surface area contributed by atoms with E-state index in [2.05, 4.69) is 5.32 Å². The molecule has 1 aliphatic carbocycles. The number of anilines is 1. The molecule has 1 N–H and O–H groups in total. The largest absolute Gasteiger partial charge is 0.494 e. The van der Waals surface area contributed by atoms with Gasteiger partial charge in [-0.3, -0.25) is 4.79 Å². The van der Waals surface area contributed by atoms with Crippen LogP contribution >= 0.6 is 34.5 Å². The van der Waals surface area contributed by atoms with Gasteiger partial charge in [0.25, 0.3) is 5.91 Å². The molecule has 3 rings (SSSR count). The van der Waals surface area contributed by atoms with Gasteiger partial charge in [-0.15, -0.1) is 11.3 Å². The van der Waals surface area contributed by atoms with E-state index in [4.69, 9.17) is 32.7 Å². The zero-order valence-electron chi connectivity index (χ0n) is 15.0. The number of esters is 1. The zero-order chi connectivity index (χ0) is 19.6. The Labute approximate surface area is 171 Å². The molecule has 0 unspecified atom stereocenters. The summed E-state index contributed by atoms with van der Waals surface area (Å²) in [5, 5.41) is 3.79. The highest BCUT2D eigenvalue weighted by atomic mass is 35.5. The molecule has 8 heteroatoms. The minimum absolute atomic E-state index is 0.132. The summed E-state index contributed by atoms with van der Waals surface area (Å²) in [5.41, 5.74) is 1.55. The van der Waals surface area contributed by atoms with E-state index in [1.54, 1.807) is 13.0 Å². The number of thiophene rings is 1. The Balaban J connectivity index is 2.01. The second-order valence-corrected chi connectivity index (χ2v) is 7.95. The Kier molecular flexibility index (Phi) is 6.29. The number of halogens is 2. The van der Waals surface area contributed by atoms with E-state index < -0.39 is 11.9 Å². The lowest BCUT2D eigenvalue weighted by molar-refractivity contribution is 0.0526. The van der Waals surface area contributed by atoms with Gasteiger partial charge in [0, 0.05) is 4.88 Å². The second kappa shape index (κ2) is 8.50. The molecule has 2 aromatic rings. The van der Waals surface area contributed by atoms with Crippen molar-refractivity contribution in [2.45, 2.75) is 32.6 Å². The molecule has 27 heavy (non-hydrogen) atoms. The summed E-state index contributed by atoms with van der Waals surface area (Å²) in [6.07, 6.45) is 3.77. The van der Waals surface area contributed by atoms with E-state index in [1.807, 2.05) is 0 Å². The van der Waals surface area contributed by atoms with Crippen molar-refractivity contribution in [2.75, 3.05) is 19.0 Å². The Hall–Kier alpha value is -1.76. The van der Waals surface area contributed by atoms with Gasteiger partial charge in [0.1, 0.15) is 10.6 Å². The van der Waals surface area contributed by atoms with Gasteiger partial charge >= 0.3 is 5.97 Å². The van der Waals surface area contributed by atoms with Gasteiger partial charge < -0.3 is 14.8 Å². The van der Waals surface area contributed by atoms with Crippen molar-refractivity contribution in [3.05, 3.63) is 43.7 Å². The lowest BCUT2D eigenvalue weighted by Crippen LogP contribution is -2.17. The Morgan fingerprint density at radius 2 is 1.85 bits per heavy atom. The van der Waals surface area contributed by atoms with Crippen molar-refractivity contribution >= 4 is 51.4 Å². The lowest BCUT2D eigenvalue weighted by Gasteiger charge is -2.13.